The monoisotopic (exact) mass is 883 g/mol. The zero-order chi connectivity index (χ0) is 46.9. The van der Waals surface area contributed by atoms with Crippen LogP contribution in [0.2, 0.25) is 0 Å². The van der Waals surface area contributed by atoms with Crippen LogP contribution in [0.3, 0.4) is 0 Å². The Bertz CT molecular complexity index is 3820. The lowest BCUT2D eigenvalue weighted by molar-refractivity contribution is 1.09. The van der Waals surface area contributed by atoms with Crippen molar-refractivity contribution >= 4 is 49.3 Å². The van der Waals surface area contributed by atoms with Gasteiger partial charge < -0.3 is 9.13 Å². The molecule has 3 heteroatoms. The van der Waals surface area contributed by atoms with Crippen molar-refractivity contribution in [3.63, 3.8) is 0 Å². The summed E-state index contributed by atoms with van der Waals surface area (Å²) in [6, 6.07) is 76.1. The van der Waals surface area contributed by atoms with Crippen molar-refractivity contribution in [1.82, 2.24) is 9.13 Å². The Morgan fingerprint density at radius 3 is 0.957 bits per heavy atom. The molecule has 0 unspecified atom stereocenters. The predicted octanol–water partition coefficient (Wildman–Crippen LogP) is 18.3. The van der Waals surface area contributed by atoms with E-state index in [1.807, 2.05) is 18.2 Å². The molecule has 0 amide bonds. The molecule has 12 aromatic rings. The topological polar surface area (TPSA) is 14.2 Å². The van der Waals surface area contributed by atoms with Crippen LogP contribution in [0.25, 0.3) is 115 Å². The zero-order valence-corrected chi connectivity index (χ0v) is 39.5. The van der Waals surface area contributed by atoms with Crippen LogP contribution in [0.5, 0.6) is 0 Å². The van der Waals surface area contributed by atoms with E-state index in [2.05, 4.69) is 237 Å². The number of fused-ring (bicyclic) bond motifs is 6. The lowest BCUT2D eigenvalue weighted by atomic mass is 9.97. The van der Waals surface area contributed by atoms with E-state index in [9.17, 15) is 0 Å². The van der Waals surface area contributed by atoms with Gasteiger partial charge >= 0.3 is 0 Å². The summed E-state index contributed by atoms with van der Waals surface area (Å²) in [5, 5.41) is 4.76. The summed E-state index contributed by atoms with van der Waals surface area (Å²) in [6.45, 7) is 18.8. The van der Waals surface area contributed by atoms with Crippen LogP contribution in [0.1, 0.15) is 27.8 Å². The van der Waals surface area contributed by atoms with Gasteiger partial charge in [0.25, 0.3) is 0 Å². The number of hydrogen-bond acceptors (Lipinski definition) is 0. The molecule has 0 radical (unpaired) electrons. The van der Waals surface area contributed by atoms with Gasteiger partial charge in [-0.2, -0.15) is 0 Å². The Morgan fingerprint density at radius 2 is 0.623 bits per heavy atom. The van der Waals surface area contributed by atoms with E-state index in [1.165, 1.54) is 77.2 Å². The van der Waals surface area contributed by atoms with Gasteiger partial charge in [0, 0.05) is 21.5 Å². The summed E-state index contributed by atoms with van der Waals surface area (Å²) in [7, 11) is 0. The van der Waals surface area contributed by atoms with Crippen LogP contribution in [0.15, 0.2) is 206 Å². The average Bonchev–Trinajstić information content (AvgIpc) is 3.88. The van der Waals surface area contributed by atoms with Crippen LogP contribution >= 0.6 is 0 Å². The lowest BCUT2D eigenvalue weighted by Gasteiger charge is -2.21. The Hall–Kier alpha value is -8.71. The molecule has 10 aromatic carbocycles. The molecule has 0 fully saturated rings. The maximum atomic E-state index is 7.98. The van der Waals surface area contributed by atoms with Gasteiger partial charge in [-0.3, -0.25) is 0 Å². The third-order valence-corrected chi connectivity index (χ3v) is 14.2. The highest BCUT2D eigenvalue weighted by atomic mass is 15.1. The highest BCUT2D eigenvalue weighted by Gasteiger charge is 2.23. The predicted molar refractivity (Wildman–Crippen MR) is 292 cm³/mol. The largest absolute Gasteiger partial charge is 0.307 e. The van der Waals surface area contributed by atoms with Crippen molar-refractivity contribution < 1.29 is 0 Å². The molecule has 0 spiro atoms. The molecule has 0 bridgehead atoms. The van der Waals surface area contributed by atoms with Gasteiger partial charge in [0.15, 0.2) is 5.69 Å². The Balaban J connectivity index is 1.24. The quantitative estimate of drug-likeness (QED) is 0.142. The minimum atomic E-state index is 0.620. The van der Waals surface area contributed by atoms with Crippen molar-refractivity contribution in [2.24, 2.45) is 0 Å². The van der Waals surface area contributed by atoms with Gasteiger partial charge in [-0.25, -0.2) is 4.85 Å². The molecule has 2 aromatic heterocycles. The van der Waals surface area contributed by atoms with E-state index in [4.69, 9.17) is 6.57 Å². The molecular weight excluding hydrogens is 835 g/mol. The fourth-order valence-electron chi connectivity index (χ4n) is 10.4. The molecule has 0 aliphatic carbocycles. The van der Waals surface area contributed by atoms with E-state index in [-0.39, 0.29) is 0 Å². The molecule has 0 saturated carbocycles. The molecule has 328 valence electrons. The van der Waals surface area contributed by atoms with Gasteiger partial charge in [0.05, 0.1) is 40.0 Å². The first kappa shape index (κ1) is 41.7. The lowest BCUT2D eigenvalue weighted by Crippen LogP contribution is -2.05. The summed E-state index contributed by atoms with van der Waals surface area (Å²) in [4.78, 5) is 3.87. The fraction of sp³-hybridized carbons (Fsp3) is 0.0758. The first-order valence-corrected chi connectivity index (χ1v) is 23.8. The second-order valence-electron chi connectivity index (χ2n) is 18.9. The second-order valence-corrected chi connectivity index (χ2v) is 18.9. The van der Waals surface area contributed by atoms with E-state index < -0.39 is 0 Å². The van der Waals surface area contributed by atoms with Crippen molar-refractivity contribution in [3.8, 4) is 67.0 Å². The number of nitrogens with zero attached hydrogens (tertiary/aromatic N) is 3. The third-order valence-electron chi connectivity index (χ3n) is 14.2. The number of hydrogen-bond donors (Lipinski definition) is 0. The van der Waals surface area contributed by atoms with Gasteiger partial charge in [-0.15, -0.1) is 0 Å². The summed E-state index contributed by atoms with van der Waals surface area (Å²) >= 11 is 0. The van der Waals surface area contributed by atoms with Gasteiger partial charge in [-0.1, -0.05) is 186 Å². The minimum absolute atomic E-state index is 0.620. The molecular formula is C66H49N3. The molecule has 0 aliphatic heterocycles. The Labute approximate surface area is 403 Å². The molecule has 0 aliphatic rings. The van der Waals surface area contributed by atoms with Crippen molar-refractivity contribution in [3.05, 3.63) is 245 Å². The molecule has 0 saturated heterocycles. The van der Waals surface area contributed by atoms with Crippen molar-refractivity contribution in [2.75, 3.05) is 0 Å². The summed E-state index contributed by atoms with van der Waals surface area (Å²) in [6.07, 6.45) is 0. The molecule has 0 N–H and O–H groups in total. The maximum Gasteiger partial charge on any atom is 0.187 e. The fourth-order valence-corrected chi connectivity index (χ4v) is 10.4. The summed E-state index contributed by atoms with van der Waals surface area (Å²) in [5.74, 6) is 0. The van der Waals surface area contributed by atoms with Crippen LogP contribution < -0.4 is 0 Å². The van der Waals surface area contributed by atoms with Gasteiger partial charge in [-0.05, 0) is 138 Å². The van der Waals surface area contributed by atoms with Crippen LogP contribution in [-0.2, 0) is 0 Å². The molecule has 0 atom stereocenters. The first-order valence-electron chi connectivity index (χ1n) is 23.8. The van der Waals surface area contributed by atoms with Gasteiger partial charge in [0.1, 0.15) is 0 Å². The first-order chi connectivity index (χ1) is 33.7. The van der Waals surface area contributed by atoms with Crippen LogP contribution in [0.4, 0.5) is 5.69 Å². The number of aromatic nitrogens is 2. The Morgan fingerprint density at radius 1 is 0.304 bits per heavy atom. The zero-order valence-electron chi connectivity index (χ0n) is 39.5. The highest BCUT2D eigenvalue weighted by Crippen LogP contribution is 2.44. The summed E-state index contributed by atoms with van der Waals surface area (Å²) < 4.78 is 5.04. The van der Waals surface area contributed by atoms with Crippen LogP contribution in [0, 0.1) is 41.2 Å². The van der Waals surface area contributed by atoms with Gasteiger partial charge in [0.2, 0.25) is 0 Å². The van der Waals surface area contributed by atoms with Crippen molar-refractivity contribution in [1.29, 1.82) is 0 Å². The third kappa shape index (κ3) is 7.30. The van der Waals surface area contributed by atoms with E-state index in [1.54, 1.807) is 0 Å². The van der Waals surface area contributed by atoms with Crippen molar-refractivity contribution in [2.45, 2.75) is 34.6 Å². The van der Waals surface area contributed by atoms with E-state index in [0.29, 0.717) is 5.69 Å². The molecule has 69 heavy (non-hydrogen) atoms. The standard InChI is InChI=1S/C66H49N3/c1-41-10-18-46(19-11-41)50-26-30-56-57-31-27-51(47-20-12-42(2)13-21-47)37-62(57)68(61(56)36-50)65-34-45(5)60(54-8-7-9-55(35-54)67-6)40-66(65)69-63-38-52(48-22-14-43(3)15-23-48)28-32-58(63)59-33-29-53(39-64(59)69)49-24-16-44(4)17-25-49/h7-40H,1-5H3. The Kier molecular flexibility index (Phi) is 10.0. The van der Waals surface area contributed by atoms with E-state index in [0.717, 1.165) is 61.3 Å². The number of aryl methyl sites for hydroxylation is 5. The average molecular weight is 884 g/mol. The maximum absolute atomic E-state index is 7.98. The van der Waals surface area contributed by atoms with E-state index >= 15 is 0 Å². The highest BCUT2D eigenvalue weighted by molar-refractivity contribution is 6.14. The summed E-state index contributed by atoms with van der Waals surface area (Å²) in [5.41, 5.74) is 24.8. The van der Waals surface area contributed by atoms with Crippen LogP contribution in [-0.4, -0.2) is 9.13 Å². The SMILES string of the molecule is [C-]#[N+]c1cccc(-c2cc(-n3c4cc(-c5ccc(C)cc5)ccc4c4ccc(-c5ccc(C)cc5)cc43)c(-n3c4cc(-c5ccc(C)cc5)ccc4c4ccc(-c5ccc(C)cc5)cc43)cc2C)c1. The molecule has 3 nitrogen and oxygen atoms in total. The number of rotatable bonds is 7. The smallest absolute Gasteiger partial charge is 0.187 e. The number of benzene rings is 10. The molecule has 12 rings (SSSR count). The molecule has 2 heterocycles. The second kappa shape index (κ2) is 16.6. The minimum Gasteiger partial charge on any atom is -0.307 e. The normalized spacial score (nSPS) is 11.5.